The van der Waals surface area contributed by atoms with Crippen molar-refractivity contribution in [2.75, 3.05) is 6.61 Å². The summed E-state index contributed by atoms with van der Waals surface area (Å²) >= 11 is 0. The van der Waals surface area contributed by atoms with Crippen molar-refractivity contribution in [3.8, 4) is 0 Å². The fourth-order valence-electron chi connectivity index (χ4n) is 1.95. The maximum absolute atomic E-state index is 12.9. The molecule has 1 rings (SSSR count). The minimum atomic E-state index is -2.77. The van der Waals surface area contributed by atoms with E-state index in [1.807, 2.05) is 6.92 Å². The van der Waals surface area contributed by atoms with Crippen LogP contribution < -0.4 is 0 Å². The van der Waals surface area contributed by atoms with Crippen molar-refractivity contribution >= 4 is 5.78 Å². The fourth-order valence-corrected chi connectivity index (χ4v) is 1.95. The Hall–Kier alpha value is -0.510. The summed E-state index contributed by atoms with van der Waals surface area (Å²) in [6.07, 6.45) is 0.354. The fraction of sp³-hybridized carbons (Fsp3) is 0.909. The quantitative estimate of drug-likeness (QED) is 0.731. The van der Waals surface area contributed by atoms with Crippen molar-refractivity contribution in [1.29, 1.82) is 0 Å². The first kappa shape index (κ1) is 12.6. The van der Waals surface area contributed by atoms with Gasteiger partial charge in [-0.2, -0.15) is 0 Å². The van der Waals surface area contributed by atoms with Crippen LogP contribution in [0.2, 0.25) is 0 Å². The minimum absolute atomic E-state index is 0.0551. The Labute approximate surface area is 89.0 Å². The van der Waals surface area contributed by atoms with E-state index in [9.17, 15) is 13.6 Å². The smallest absolute Gasteiger partial charge is 0.271 e. The number of carbonyl (C=O) groups is 1. The number of ether oxygens (including phenoxy) is 1. The second kappa shape index (κ2) is 4.16. The lowest BCUT2D eigenvalue weighted by molar-refractivity contribution is -0.195. The molecule has 15 heavy (non-hydrogen) atoms. The van der Waals surface area contributed by atoms with Crippen LogP contribution in [0.1, 0.15) is 40.0 Å². The normalized spacial score (nSPS) is 30.5. The zero-order chi connectivity index (χ0) is 11.7. The summed E-state index contributed by atoms with van der Waals surface area (Å²) < 4.78 is 31.0. The Morgan fingerprint density at radius 3 is 2.33 bits per heavy atom. The van der Waals surface area contributed by atoms with Gasteiger partial charge in [-0.3, -0.25) is 4.79 Å². The van der Waals surface area contributed by atoms with Gasteiger partial charge in [0.1, 0.15) is 12.2 Å². The Morgan fingerprint density at radius 2 is 2.00 bits per heavy atom. The molecule has 1 aliphatic heterocycles. The largest absolute Gasteiger partial charge is 0.361 e. The molecule has 1 aliphatic rings. The monoisotopic (exact) mass is 220 g/mol. The first-order valence-corrected chi connectivity index (χ1v) is 5.39. The van der Waals surface area contributed by atoms with Crippen molar-refractivity contribution < 1.29 is 18.3 Å². The Kier molecular flexibility index (Phi) is 3.48. The molecule has 1 saturated heterocycles. The highest BCUT2D eigenvalue weighted by atomic mass is 19.3. The van der Waals surface area contributed by atoms with Gasteiger partial charge in [-0.25, -0.2) is 8.78 Å². The molecular formula is C11H18F2O2. The Morgan fingerprint density at radius 1 is 1.40 bits per heavy atom. The predicted octanol–water partition coefficient (Wildman–Crippen LogP) is 2.81. The summed E-state index contributed by atoms with van der Waals surface area (Å²) in [7, 11) is 0. The molecular weight excluding hydrogens is 202 g/mol. The van der Waals surface area contributed by atoms with E-state index >= 15 is 0 Å². The first-order chi connectivity index (χ1) is 6.83. The highest BCUT2D eigenvalue weighted by molar-refractivity contribution is 5.89. The SMILES string of the molecule is CC[C@]1(C(=O)C(C)C)CCC(F)(F)CO1. The van der Waals surface area contributed by atoms with Crippen LogP contribution in [0, 0.1) is 5.92 Å². The molecule has 0 N–H and O–H groups in total. The van der Waals surface area contributed by atoms with Crippen LogP contribution in [-0.2, 0) is 9.53 Å². The van der Waals surface area contributed by atoms with Gasteiger partial charge >= 0.3 is 0 Å². The van der Waals surface area contributed by atoms with Crippen molar-refractivity contribution in [3.63, 3.8) is 0 Å². The Bertz CT molecular complexity index is 239. The summed E-state index contributed by atoms with van der Waals surface area (Å²) in [6.45, 7) is 4.73. The summed E-state index contributed by atoms with van der Waals surface area (Å²) in [5.41, 5.74) is -0.962. The number of hydrogen-bond donors (Lipinski definition) is 0. The molecule has 4 heteroatoms. The standard InChI is InChI=1S/C11H18F2O2/c1-4-10(9(14)8(2)3)5-6-11(12,13)7-15-10/h8H,4-7H2,1-3H3/t10-/m1/s1. The lowest BCUT2D eigenvalue weighted by Gasteiger charge is -2.39. The number of carbonyl (C=O) groups excluding carboxylic acids is 1. The van der Waals surface area contributed by atoms with Gasteiger partial charge in [0.2, 0.25) is 0 Å². The minimum Gasteiger partial charge on any atom is -0.361 e. The lowest BCUT2D eigenvalue weighted by atomic mass is 9.82. The number of halogens is 2. The van der Waals surface area contributed by atoms with Crippen molar-refractivity contribution in [1.82, 2.24) is 0 Å². The van der Waals surface area contributed by atoms with Crippen LogP contribution in [0.4, 0.5) is 8.78 Å². The Balaban J connectivity index is 2.77. The number of rotatable bonds is 3. The third-order valence-electron chi connectivity index (χ3n) is 3.00. The zero-order valence-electron chi connectivity index (χ0n) is 9.48. The van der Waals surface area contributed by atoms with Crippen molar-refractivity contribution in [2.24, 2.45) is 5.92 Å². The van der Waals surface area contributed by atoms with Gasteiger partial charge in [0, 0.05) is 12.3 Å². The number of Topliss-reactive ketones (excluding diaryl/α,β-unsaturated/α-hetero) is 1. The molecule has 0 aromatic carbocycles. The van der Waals surface area contributed by atoms with E-state index in [1.165, 1.54) is 0 Å². The molecule has 1 heterocycles. The molecule has 1 fully saturated rings. The summed E-state index contributed by atoms with van der Waals surface area (Å²) in [5, 5.41) is 0. The summed E-state index contributed by atoms with van der Waals surface area (Å²) in [5.74, 6) is -2.99. The van der Waals surface area contributed by atoms with E-state index in [2.05, 4.69) is 0 Å². The van der Waals surface area contributed by atoms with Gasteiger partial charge in [-0.15, -0.1) is 0 Å². The molecule has 0 spiro atoms. The molecule has 0 aliphatic carbocycles. The average molecular weight is 220 g/mol. The topological polar surface area (TPSA) is 26.3 Å². The van der Waals surface area contributed by atoms with Crippen LogP contribution in [0.15, 0.2) is 0 Å². The number of ketones is 1. The third kappa shape index (κ3) is 2.54. The molecule has 0 aromatic heterocycles. The molecule has 0 radical (unpaired) electrons. The van der Waals surface area contributed by atoms with Crippen molar-refractivity contribution in [3.05, 3.63) is 0 Å². The lowest BCUT2D eigenvalue weighted by Crippen LogP contribution is -2.50. The van der Waals surface area contributed by atoms with Gasteiger partial charge in [0.15, 0.2) is 5.78 Å². The molecule has 2 nitrogen and oxygen atoms in total. The van der Waals surface area contributed by atoms with Gasteiger partial charge in [0.05, 0.1) is 0 Å². The second-order valence-corrected chi connectivity index (χ2v) is 4.51. The summed E-state index contributed by atoms with van der Waals surface area (Å²) in [6, 6.07) is 0. The van der Waals surface area contributed by atoms with Crippen molar-refractivity contribution in [2.45, 2.75) is 51.6 Å². The van der Waals surface area contributed by atoms with Gasteiger partial charge in [0.25, 0.3) is 5.92 Å². The maximum Gasteiger partial charge on any atom is 0.271 e. The predicted molar refractivity (Wildman–Crippen MR) is 53.0 cm³/mol. The highest BCUT2D eigenvalue weighted by Crippen LogP contribution is 2.37. The van der Waals surface area contributed by atoms with Gasteiger partial charge in [-0.05, 0) is 12.8 Å². The molecule has 0 aromatic rings. The van der Waals surface area contributed by atoms with E-state index in [-0.39, 0.29) is 24.5 Å². The molecule has 0 bridgehead atoms. The second-order valence-electron chi connectivity index (χ2n) is 4.51. The maximum atomic E-state index is 12.9. The third-order valence-corrected chi connectivity index (χ3v) is 3.00. The van der Waals surface area contributed by atoms with E-state index in [0.717, 1.165) is 0 Å². The zero-order valence-corrected chi connectivity index (χ0v) is 9.48. The van der Waals surface area contributed by atoms with E-state index in [0.29, 0.717) is 6.42 Å². The van der Waals surface area contributed by atoms with Crippen LogP contribution >= 0.6 is 0 Å². The van der Waals surface area contributed by atoms with Crippen LogP contribution in [0.5, 0.6) is 0 Å². The molecule has 0 amide bonds. The highest BCUT2D eigenvalue weighted by Gasteiger charge is 2.48. The van der Waals surface area contributed by atoms with Crippen LogP contribution in [0.25, 0.3) is 0 Å². The molecule has 88 valence electrons. The molecule has 0 saturated carbocycles. The summed E-state index contributed by atoms with van der Waals surface area (Å²) in [4.78, 5) is 11.9. The van der Waals surface area contributed by atoms with E-state index in [1.54, 1.807) is 13.8 Å². The van der Waals surface area contributed by atoms with Gasteiger partial charge in [-0.1, -0.05) is 20.8 Å². The van der Waals surface area contributed by atoms with Crippen LogP contribution in [-0.4, -0.2) is 23.9 Å². The molecule has 1 atom stereocenters. The van der Waals surface area contributed by atoms with E-state index < -0.39 is 18.1 Å². The number of hydrogen-bond acceptors (Lipinski definition) is 2. The molecule has 0 unspecified atom stereocenters. The van der Waals surface area contributed by atoms with E-state index in [4.69, 9.17) is 4.74 Å². The van der Waals surface area contributed by atoms with Crippen LogP contribution in [0.3, 0.4) is 0 Å². The first-order valence-electron chi connectivity index (χ1n) is 5.39. The average Bonchev–Trinajstić information content (AvgIpc) is 2.18. The van der Waals surface area contributed by atoms with Gasteiger partial charge < -0.3 is 4.74 Å². The number of alkyl halides is 2.